The van der Waals surface area contributed by atoms with Crippen LogP contribution in [0.5, 0.6) is 17.2 Å². The number of nitrogens with zero attached hydrogens (tertiary/aromatic N) is 2. The molecule has 0 unspecified atom stereocenters. The van der Waals surface area contributed by atoms with Gasteiger partial charge in [-0.15, -0.1) is 0 Å². The molecule has 1 N–H and O–H groups in total. The molecule has 0 spiro atoms. The fraction of sp³-hybridized carbons (Fsp3) is 0.568. The molecule has 0 bridgehead atoms. The highest BCUT2D eigenvalue weighted by Crippen LogP contribution is 2.30. The van der Waals surface area contributed by atoms with E-state index in [4.69, 9.17) is 19.3 Å². The highest BCUT2D eigenvalue weighted by Gasteiger charge is 2.09. The average molecular weight is 701 g/mol. The fourth-order valence-electron chi connectivity index (χ4n) is 5.98. The normalized spacial score (nSPS) is 11.3. The molecule has 3 rings (SSSR count). The van der Waals surface area contributed by atoms with Gasteiger partial charge in [0.2, 0.25) is 0 Å². The van der Waals surface area contributed by atoms with E-state index in [1.807, 2.05) is 30.3 Å². The first-order valence-electron chi connectivity index (χ1n) is 20.0. The van der Waals surface area contributed by atoms with Gasteiger partial charge in [-0.3, -0.25) is 0 Å². The minimum absolute atomic E-state index is 0.217. The molecule has 7 nitrogen and oxygen atoms in total. The summed E-state index contributed by atoms with van der Waals surface area (Å²) in [7, 11) is 0. The van der Waals surface area contributed by atoms with Crippen molar-refractivity contribution in [1.82, 2.24) is 0 Å². The van der Waals surface area contributed by atoms with Crippen LogP contribution < -0.4 is 14.2 Å². The van der Waals surface area contributed by atoms with E-state index < -0.39 is 5.97 Å². The second kappa shape index (κ2) is 26.9. The van der Waals surface area contributed by atoms with Gasteiger partial charge in [-0.25, -0.2) is 4.79 Å². The van der Waals surface area contributed by atoms with Crippen molar-refractivity contribution in [2.24, 2.45) is 10.2 Å². The number of hydrogen-bond acceptors (Lipinski definition) is 6. The van der Waals surface area contributed by atoms with Crippen molar-refractivity contribution in [2.75, 3.05) is 13.2 Å². The van der Waals surface area contributed by atoms with Crippen LogP contribution in [0.15, 0.2) is 77.0 Å². The van der Waals surface area contributed by atoms with Crippen molar-refractivity contribution in [1.29, 1.82) is 0 Å². The highest BCUT2D eigenvalue weighted by molar-refractivity contribution is 5.87. The Balaban J connectivity index is 1.45. The van der Waals surface area contributed by atoms with Crippen LogP contribution in [0.1, 0.15) is 158 Å². The number of carboxylic acids is 1. The molecule has 0 fully saturated rings. The number of benzene rings is 3. The first kappa shape index (κ1) is 41.5. The van der Waals surface area contributed by atoms with Crippen molar-refractivity contribution in [3.63, 3.8) is 0 Å². The second-order valence-corrected chi connectivity index (χ2v) is 13.7. The van der Waals surface area contributed by atoms with Crippen LogP contribution >= 0.6 is 0 Å². The maximum absolute atomic E-state index is 11.0. The lowest BCUT2D eigenvalue weighted by atomic mass is 10.1. The Kier molecular flexibility index (Phi) is 21.9. The van der Waals surface area contributed by atoms with E-state index in [1.165, 1.54) is 128 Å². The van der Waals surface area contributed by atoms with Gasteiger partial charge in [-0.05, 0) is 79.1 Å². The van der Waals surface area contributed by atoms with E-state index in [0.29, 0.717) is 31.2 Å². The van der Waals surface area contributed by atoms with E-state index in [2.05, 4.69) is 36.2 Å². The predicted octanol–water partition coefficient (Wildman–Crippen LogP) is 14.0. The summed E-state index contributed by atoms with van der Waals surface area (Å²) in [4.78, 5) is 11.0. The number of hydrogen-bond donors (Lipinski definition) is 1. The summed E-state index contributed by atoms with van der Waals surface area (Å²) in [6, 6.07) is 19.9. The molecular formula is C44H64N2O5. The van der Waals surface area contributed by atoms with Crippen LogP contribution in [0, 0.1) is 0 Å². The smallest absolute Gasteiger partial charge is 0.335 e. The van der Waals surface area contributed by atoms with Gasteiger partial charge < -0.3 is 19.3 Å². The Bertz CT molecular complexity index is 1360. The van der Waals surface area contributed by atoms with Crippen LogP contribution in [0.3, 0.4) is 0 Å². The minimum Gasteiger partial charge on any atom is -0.490 e. The van der Waals surface area contributed by atoms with E-state index in [1.54, 1.807) is 12.1 Å². The molecule has 0 aromatic heterocycles. The van der Waals surface area contributed by atoms with Crippen LogP contribution in [-0.4, -0.2) is 24.3 Å². The Labute approximate surface area is 308 Å². The zero-order chi connectivity index (χ0) is 36.2. The van der Waals surface area contributed by atoms with Gasteiger partial charge in [0.15, 0.2) is 11.5 Å². The first-order chi connectivity index (χ1) is 25.1. The zero-order valence-electron chi connectivity index (χ0n) is 31.6. The summed E-state index contributed by atoms with van der Waals surface area (Å²) in [5, 5.41) is 17.5. The second-order valence-electron chi connectivity index (χ2n) is 13.7. The van der Waals surface area contributed by atoms with Gasteiger partial charge in [0.1, 0.15) is 12.4 Å². The van der Waals surface area contributed by atoms with Crippen molar-refractivity contribution in [2.45, 2.75) is 149 Å². The number of unbranched alkanes of at least 4 members (excludes halogenated alkanes) is 18. The molecule has 0 aliphatic carbocycles. The fourth-order valence-corrected chi connectivity index (χ4v) is 5.98. The van der Waals surface area contributed by atoms with Crippen molar-refractivity contribution >= 4 is 17.3 Å². The van der Waals surface area contributed by atoms with Crippen LogP contribution in [0.4, 0.5) is 11.4 Å². The van der Waals surface area contributed by atoms with Gasteiger partial charge in [-0.2, -0.15) is 10.2 Å². The SMILES string of the molecule is CCCCCCCCCCCCOc1ccc(COc2ccc(N=Nc3ccc(C(=O)O)cc3)cc2)cc1OCCCCCCCCCCCC. The van der Waals surface area contributed by atoms with Gasteiger partial charge >= 0.3 is 5.97 Å². The molecule has 0 atom stereocenters. The predicted molar refractivity (Wildman–Crippen MR) is 209 cm³/mol. The molecule has 0 saturated heterocycles. The molecule has 0 aliphatic rings. The maximum Gasteiger partial charge on any atom is 0.335 e. The summed E-state index contributed by atoms with van der Waals surface area (Å²) in [5.41, 5.74) is 2.50. The summed E-state index contributed by atoms with van der Waals surface area (Å²) >= 11 is 0. The monoisotopic (exact) mass is 700 g/mol. The third-order valence-electron chi connectivity index (χ3n) is 9.16. The van der Waals surface area contributed by atoms with Crippen molar-refractivity contribution < 1.29 is 24.1 Å². The lowest BCUT2D eigenvalue weighted by molar-refractivity contribution is 0.0697. The minimum atomic E-state index is -0.967. The van der Waals surface area contributed by atoms with Crippen LogP contribution in [0.25, 0.3) is 0 Å². The zero-order valence-corrected chi connectivity index (χ0v) is 31.6. The lowest BCUT2D eigenvalue weighted by Crippen LogP contribution is -2.04. The number of carboxylic acid groups (broad SMARTS) is 1. The molecule has 0 amide bonds. The lowest BCUT2D eigenvalue weighted by Gasteiger charge is -2.15. The Hall–Kier alpha value is -3.87. The molecule has 0 saturated carbocycles. The molecule has 0 radical (unpaired) electrons. The maximum atomic E-state index is 11.0. The summed E-state index contributed by atoms with van der Waals surface area (Å²) in [6.07, 6.45) is 26.0. The molecular weight excluding hydrogens is 636 g/mol. The Morgan fingerprint density at radius 3 is 1.41 bits per heavy atom. The van der Waals surface area contributed by atoms with E-state index in [9.17, 15) is 4.79 Å². The van der Waals surface area contributed by atoms with Crippen LogP contribution in [-0.2, 0) is 6.61 Å². The highest BCUT2D eigenvalue weighted by atomic mass is 16.5. The third-order valence-corrected chi connectivity index (χ3v) is 9.16. The largest absolute Gasteiger partial charge is 0.490 e. The molecule has 3 aromatic carbocycles. The molecule has 280 valence electrons. The number of ether oxygens (including phenoxy) is 3. The first-order valence-corrected chi connectivity index (χ1v) is 20.0. The average Bonchev–Trinajstić information content (AvgIpc) is 3.15. The summed E-state index contributed by atoms with van der Waals surface area (Å²) in [6.45, 7) is 6.35. The molecule has 0 aliphatic heterocycles. The molecule has 7 heteroatoms. The molecule has 3 aromatic rings. The van der Waals surface area contributed by atoms with Gasteiger partial charge in [0, 0.05) is 0 Å². The Morgan fingerprint density at radius 1 is 0.510 bits per heavy atom. The number of carbonyl (C=O) groups is 1. The number of azo groups is 1. The molecule has 51 heavy (non-hydrogen) atoms. The van der Waals surface area contributed by atoms with E-state index in [-0.39, 0.29) is 5.56 Å². The van der Waals surface area contributed by atoms with Gasteiger partial charge in [-0.1, -0.05) is 135 Å². The number of rotatable bonds is 30. The quantitative estimate of drug-likeness (QED) is 0.0552. The third kappa shape index (κ3) is 18.8. The topological polar surface area (TPSA) is 89.7 Å². The standard InChI is InChI=1S/C44H64N2O5/c1-3-5-7-9-11-13-15-17-19-21-33-49-42-32-23-37(35-43(42)50-34-22-20-18-16-14-12-10-8-6-4-2)36-51-41-30-28-40(29-31-41)46-45-39-26-24-38(25-27-39)44(47)48/h23-32,35H,3-22,33-34,36H2,1-2H3,(H,47,48). The van der Waals surface area contributed by atoms with Gasteiger partial charge in [0.25, 0.3) is 0 Å². The van der Waals surface area contributed by atoms with E-state index in [0.717, 1.165) is 35.7 Å². The van der Waals surface area contributed by atoms with Crippen LogP contribution in [0.2, 0.25) is 0 Å². The summed E-state index contributed by atoms with van der Waals surface area (Å²) in [5.74, 6) is 1.38. The number of aromatic carboxylic acids is 1. The van der Waals surface area contributed by atoms with Crippen molar-refractivity contribution in [3.8, 4) is 17.2 Å². The van der Waals surface area contributed by atoms with E-state index >= 15 is 0 Å². The van der Waals surface area contributed by atoms with Gasteiger partial charge in [0.05, 0.1) is 30.2 Å². The van der Waals surface area contributed by atoms with Crippen molar-refractivity contribution in [3.05, 3.63) is 77.9 Å². The Morgan fingerprint density at radius 2 is 0.941 bits per heavy atom. The molecule has 0 heterocycles. The summed E-state index contributed by atoms with van der Waals surface area (Å²) < 4.78 is 18.7.